The van der Waals surface area contributed by atoms with Crippen molar-refractivity contribution in [3.05, 3.63) is 35.9 Å². The predicted octanol–water partition coefficient (Wildman–Crippen LogP) is -4.12. The minimum absolute atomic E-state index is 0.000898. The lowest BCUT2D eigenvalue weighted by molar-refractivity contribution is -0.519. The number of guanidine groups is 2. The highest BCUT2D eigenvalue weighted by atomic mass is 16.6. The minimum atomic E-state index is -2.68. The quantitative estimate of drug-likeness (QED) is 0.179. The third kappa shape index (κ3) is 3.22. The number of aliphatic hydroxyl groups is 2. The van der Waals surface area contributed by atoms with Crippen LogP contribution >= 0.6 is 0 Å². The van der Waals surface area contributed by atoms with Crippen molar-refractivity contribution in [1.82, 2.24) is 15.5 Å². The maximum atomic E-state index is 13.0. The number of nitrogens with two attached hydrogens (primary N) is 2. The van der Waals surface area contributed by atoms with Crippen LogP contribution in [0.15, 0.2) is 35.3 Å². The molecule has 4 rings (SSSR count). The third-order valence-corrected chi connectivity index (χ3v) is 5.76. The number of hydrogen-bond donors (Lipinski definition) is 7. The topological polar surface area (TPSA) is 190 Å². The van der Waals surface area contributed by atoms with Gasteiger partial charge in [0.25, 0.3) is 11.4 Å². The van der Waals surface area contributed by atoms with Crippen molar-refractivity contribution in [2.45, 2.75) is 55.9 Å². The second-order valence-electron chi connectivity index (χ2n) is 9.20. The number of benzene rings is 1. The summed E-state index contributed by atoms with van der Waals surface area (Å²) < 4.78 is 5.46. The Kier molecular flexibility index (Phi) is 4.82. The zero-order valence-corrected chi connectivity index (χ0v) is 18.0. The Morgan fingerprint density at radius 2 is 1.94 bits per heavy atom. The normalized spacial score (nSPS) is 30.4. The zero-order chi connectivity index (χ0) is 23.5. The van der Waals surface area contributed by atoms with Crippen LogP contribution in [0.5, 0.6) is 0 Å². The van der Waals surface area contributed by atoms with Crippen molar-refractivity contribution < 1.29 is 29.5 Å². The van der Waals surface area contributed by atoms with Crippen molar-refractivity contribution >= 4 is 23.8 Å². The van der Waals surface area contributed by atoms with E-state index in [4.69, 9.17) is 16.2 Å². The van der Waals surface area contributed by atoms with Crippen LogP contribution in [-0.2, 0) is 9.53 Å². The van der Waals surface area contributed by atoms with Crippen molar-refractivity contribution in [2.75, 3.05) is 6.54 Å². The van der Waals surface area contributed by atoms with E-state index in [0.29, 0.717) is 0 Å². The van der Waals surface area contributed by atoms with Gasteiger partial charge in [0.2, 0.25) is 5.91 Å². The van der Waals surface area contributed by atoms with Crippen molar-refractivity contribution in [3.8, 4) is 0 Å². The van der Waals surface area contributed by atoms with E-state index in [1.807, 2.05) is 0 Å². The highest BCUT2D eigenvalue weighted by molar-refractivity contribution is 5.92. The van der Waals surface area contributed by atoms with Crippen LogP contribution < -0.4 is 27.1 Å². The number of carbonyl (C=O) groups excluding carboxylic acids is 2. The lowest BCUT2D eigenvalue weighted by atomic mass is 9.85. The smallest absolute Gasteiger partial charge is 0.343 e. The Morgan fingerprint density at radius 3 is 2.56 bits per heavy atom. The molecular weight excluding hydrogens is 418 g/mol. The summed E-state index contributed by atoms with van der Waals surface area (Å²) in [6.07, 6.45) is -1.42. The van der Waals surface area contributed by atoms with Gasteiger partial charge in [0.15, 0.2) is 24.1 Å². The number of rotatable bonds is 3. The molecule has 9 N–H and O–H groups in total. The number of carbonyl (C=O) groups is 2. The number of esters is 1. The first kappa shape index (κ1) is 21.8. The molecule has 0 aromatic heterocycles. The third-order valence-electron chi connectivity index (χ3n) is 5.76. The van der Waals surface area contributed by atoms with E-state index in [2.05, 4.69) is 20.6 Å². The summed E-state index contributed by atoms with van der Waals surface area (Å²) in [6, 6.07) is 6.00. The Balaban J connectivity index is 1.69. The second kappa shape index (κ2) is 7.07. The van der Waals surface area contributed by atoms with Gasteiger partial charge < -0.3 is 26.0 Å². The number of nitrogens with one attached hydrogen (secondary N) is 3. The number of nitrogens with zero attached hydrogens (tertiary/aromatic N) is 2. The molecule has 0 saturated carbocycles. The Bertz CT molecular complexity index is 1000. The molecule has 0 unspecified atom stereocenters. The van der Waals surface area contributed by atoms with E-state index in [-0.39, 0.29) is 24.0 Å². The van der Waals surface area contributed by atoms with Gasteiger partial charge in [0, 0.05) is 5.54 Å². The summed E-state index contributed by atoms with van der Waals surface area (Å²) >= 11 is 0. The number of hydrogen-bond acceptors (Lipinski definition) is 10. The van der Waals surface area contributed by atoms with E-state index >= 15 is 0 Å². The lowest BCUT2D eigenvalue weighted by Gasteiger charge is -2.45. The maximum absolute atomic E-state index is 13.0. The van der Waals surface area contributed by atoms with Gasteiger partial charge in [-0.05, 0) is 32.9 Å². The van der Waals surface area contributed by atoms with Gasteiger partial charge in [-0.25, -0.2) is 15.1 Å². The van der Waals surface area contributed by atoms with Crippen LogP contribution in [-0.4, -0.2) is 80.6 Å². The molecule has 1 aromatic carbocycles. The van der Waals surface area contributed by atoms with Crippen molar-refractivity contribution in [1.29, 1.82) is 0 Å². The largest absolute Gasteiger partial charge is 0.451 e. The SMILES string of the molecule is CC(C)(C)NC(=O)[C@@H]1N=C(N)N2C[C@H](OC(=O)c3ccccc3)C(O)(O)[C@@]23NC(N)=[NH+][C@@H]13. The van der Waals surface area contributed by atoms with E-state index in [1.54, 1.807) is 51.1 Å². The number of amides is 1. The average molecular weight is 446 g/mol. The highest BCUT2D eigenvalue weighted by Crippen LogP contribution is 2.42. The molecular formula is C20H28N7O5+. The fourth-order valence-corrected chi connectivity index (χ4v) is 4.44. The van der Waals surface area contributed by atoms with Crippen LogP contribution in [0.1, 0.15) is 31.1 Å². The Hall–Kier alpha value is -3.38. The Morgan fingerprint density at radius 1 is 1.28 bits per heavy atom. The lowest BCUT2D eigenvalue weighted by Crippen LogP contribution is -2.90. The van der Waals surface area contributed by atoms with Gasteiger partial charge in [-0.3, -0.25) is 20.4 Å². The van der Waals surface area contributed by atoms with Crippen LogP contribution in [0.2, 0.25) is 0 Å². The van der Waals surface area contributed by atoms with Gasteiger partial charge in [-0.15, -0.1) is 0 Å². The molecule has 3 heterocycles. The number of aliphatic imine (C=N–C) groups is 1. The monoisotopic (exact) mass is 446 g/mol. The van der Waals surface area contributed by atoms with Gasteiger partial charge in [0.05, 0.1) is 12.1 Å². The first-order valence-electron chi connectivity index (χ1n) is 10.2. The fraction of sp³-hybridized carbons (Fsp3) is 0.500. The van der Waals surface area contributed by atoms with Crippen LogP contribution in [0, 0.1) is 0 Å². The van der Waals surface area contributed by atoms with Crippen molar-refractivity contribution in [3.63, 3.8) is 0 Å². The van der Waals surface area contributed by atoms with E-state index < -0.39 is 47.1 Å². The molecule has 0 radical (unpaired) electrons. The highest BCUT2D eigenvalue weighted by Gasteiger charge is 2.78. The molecule has 3 aliphatic heterocycles. The Labute approximate surface area is 184 Å². The average Bonchev–Trinajstić information content (AvgIpc) is 3.16. The number of ether oxygens (including phenoxy) is 1. The molecule has 1 aromatic rings. The molecule has 1 spiro atoms. The van der Waals surface area contributed by atoms with Gasteiger partial charge >= 0.3 is 11.9 Å². The molecule has 0 bridgehead atoms. The zero-order valence-electron chi connectivity index (χ0n) is 18.0. The summed E-state index contributed by atoms with van der Waals surface area (Å²) in [7, 11) is 0. The standard InChI is InChI=1S/C20H27N7O5/c1-18(2,3)25-14(28)12-13-19(26-16(21)24-13)20(30,31)11(9-27(19)17(22)23-12)32-15(29)10-7-5-4-6-8-10/h4-8,11-13,30-31H,9H2,1-3H3,(H2,22,23)(H,25,28)(H3,21,24,26)/p+1/t11-,12+,13-,19-/m0/s1. The fourth-order valence-electron chi connectivity index (χ4n) is 4.44. The molecule has 12 nitrogen and oxygen atoms in total. The first-order chi connectivity index (χ1) is 14.9. The summed E-state index contributed by atoms with van der Waals surface area (Å²) in [5.74, 6) is -4.02. The molecule has 4 atom stereocenters. The molecule has 32 heavy (non-hydrogen) atoms. The van der Waals surface area contributed by atoms with E-state index in [9.17, 15) is 19.8 Å². The van der Waals surface area contributed by atoms with Gasteiger partial charge in [-0.1, -0.05) is 18.2 Å². The molecule has 1 fully saturated rings. The molecule has 0 aliphatic carbocycles. The van der Waals surface area contributed by atoms with Crippen molar-refractivity contribution in [2.24, 2.45) is 16.5 Å². The van der Waals surface area contributed by atoms with Gasteiger partial charge in [-0.2, -0.15) is 0 Å². The van der Waals surface area contributed by atoms with Gasteiger partial charge in [0.1, 0.15) is 0 Å². The molecule has 172 valence electrons. The molecule has 1 amide bonds. The van der Waals surface area contributed by atoms with Crippen LogP contribution in [0.25, 0.3) is 0 Å². The van der Waals surface area contributed by atoms with Crippen LogP contribution in [0.4, 0.5) is 0 Å². The molecule has 3 aliphatic rings. The maximum Gasteiger partial charge on any atom is 0.343 e. The van der Waals surface area contributed by atoms with E-state index in [0.717, 1.165) is 0 Å². The summed E-state index contributed by atoms with van der Waals surface area (Å²) in [4.78, 5) is 34.1. The first-order valence-corrected chi connectivity index (χ1v) is 10.2. The minimum Gasteiger partial charge on any atom is -0.451 e. The van der Waals surface area contributed by atoms with E-state index in [1.165, 1.54) is 4.90 Å². The summed E-state index contributed by atoms with van der Waals surface area (Å²) in [6.45, 7) is 5.23. The predicted molar refractivity (Wildman–Crippen MR) is 113 cm³/mol. The van der Waals surface area contributed by atoms with Crippen LogP contribution in [0.3, 0.4) is 0 Å². The second-order valence-corrected chi connectivity index (χ2v) is 9.20. The summed E-state index contributed by atoms with van der Waals surface area (Å²) in [5.41, 5.74) is 9.98. The molecule has 1 saturated heterocycles. The summed E-state index contributed by atoms with van der Waals surface area (Å²) in [5, 5.41) is 28.2. The molecule has 12 heteroatoms.